The Kier molecular flexibility index (Phi) is 4.59. The third-order valence-electron chi connectivity index (χ3n) is 6.02. The number of hydrogen-bond acceptors (Lipinski definition) is 6. The first-order chi connectivity index (χ1) is 14.2. The number of aliphatic hydroxyl groups excluding tert-OH is 1. The van der Waals surface area contributed by atoms with E-state index in [1.165, 1.54) is 5.56 Å². The number of hydrogen-bond donors (Lipinski definition) is 1. The van der Waals surface area contributed by atoms with Gasteiger partial charge >= 0.3 is 0 Å². The summed E-state index contributed by atoms with van der Waals surface area (Å²) >= 11 is 0. The van der Waals surface area contributed by atoms with E-state index in [0.29, 0.717) is 18.8 Å². The lowest BCUT2D eigenvalue weighted by Gasteiger charge is -2.37. The molecule has 1 saturated carbocycles. The second kappa shape index (κ2) is 7.26. The van der Waals surface area contributed by atoms with Crippen LogP contribution in [0.5, 0.6) is 23.0 Å². The number of fused-ring (bicyclic) bond motifs is 4. The normalized spacial score (nSPS) is 24.4. The fourth-order valence-electron chi connectivity index (χ4n) is 4.65. The topological polar surface area (TPSA) is 69.5 Å². The van der Waals surface area contributed by atoms with Gasteiger partial charge in [0.05, 0.1) is 31.6 Å². The molecular formula is C23H25NO5. The molecule has 1 aliphatic carbocycles. The van der Waals surface area contributed by atoms with E-state index in [1.54, 1.807) is 7.11 Å². The Morgan fingerprint density at radius 1 is 1.10 bits per heavy atom. The van der Waals surface area contributed by atoms with Gasteiger partial charge in [-0.25, -0.2) is 0 Å². The minimum absolute atomic E-state index is 0.147. The zero-order chi connectivity index (χ0) is 20.0. The van der Waals surface area contributed by atoms with Crippen molar-refractivity contribution < 1.29 is 24.1 Å². The molecule has 3 unspecified atom stereocenters. The van der Waals surface area contributed by atoms with Crippen LogP contribution in [0.4, 0.5) is 0 Å². The molecule has 2 heterocycles. The van der Waals surface area contributed by atoms with Crippen LogP contribution in [0.1, 0.15) is 48.8 Å². The van der Waals surface area contributed by atoms with Crippen molar-refractivity contribution in [1.29, 1.82) is 0 Å². The van der Waals surface area contributed by atoms with Gasteiger partial charge in [-0.1, -0.05) is 0 Å². The molecule has 0 amide bonds. The molecule has 29 heavy (non-hydrogen) atoms. The maximum Gasteiger partial charge on any atom is 0.231 e. The smallest absolute Gasteiger partial charge is 0.231 e. The summed E-state index contributed by atoms with van der Waals surface area (Å²) in [6, 6.07) is 10.2. The van der Waals surface area contributed by atoms with E-state index in [1.807, 2.05) is 31.2 Å². The van der Waals surface area contributed by atoms with Gasteiger partial charge in [0, 0.05) is 17.0 Å². The average molecular weight is 395 g/mol. The minimum Gasteiger partial charge on any atom is -0.493 e. The standard InChI is InChI=1S/C23H25NO5/c1-3-27-22-10-15-16-9-14(25)5-6-18(16)24-23(17(15)11-20(22)26-2)13-4-7-19-21(8-13)29-12-28-19/h4,7-8,10-11,14,16,18,25H,3,5-6,9,12H2,1-2H3. The molecule has 0 bridgehead atoms. The summed E-state index contributed by atoms with van der Waals surface area (Å²) in [6.07, 6.45) is 2.08. The quantitative estimate of drug-likeness (QED) is 0.855. The Morgan fingerprint density at radius 3 is 2.79 bits per heavy atom. The van der Waals surface area contributed by atoms with Crippen molar-refractivity contribution in [3.63, 3.8) is 0 Å². The van der Waals surface area contributed by atoms with Crippen LogP contribution in [-0.2, 0) is 0 Å². The lowest BCUT2D eigenvalue weighted by atomic mass is 9.74. The Balaban J connectivity index is 1.66. The summed E-state index contributed by atoms with van der Waals surface area (Å²) in [6.45, 7) is 2.77. The van der Waals surface area contributed by atoms with Crippen LogP contribution in [0.3, 0.4) is 0 Å². The third-order valence-corrected chi connectivity index (χ3v) is 6.02. The third kappa shape index (κ3) is 3.12. The van der Waals surface area contributed by atoms with Crippen LogP contribution in [0, 0.1) is 0 Å². The second-order valence-electron chi connectivity index (χ2n) is 7.71. The van der Waals surface area contributed by atoms with Gasteiger partial charge in [0.25, 0.3) is 0 Å². The van der Waals surface area contributed by atoms with Gasteiger partial charge in [0.15, 0.2) is 23.0 Å². The number of rotatable bonds is 4. The summed E-state index contributed by atoms with van der Waals surface area (Å²) in [4.78, 5) is 5.14. The first kappa shape index (κ1) is 18.3. The number of aliphatic imine (C=N–C) groups is 1. The van der Waals surface area contributed by atoms with Crippen molar-refractivity contribution in [2.75, 3.05) is 20.5 Å². The van der Waals surface area contributed by atoms with Crippen LogP contribution < -0.4 is 18.9 Å². The molecule has 1 fully saturated rings. The molecule has 0 aromatic heterocycles. The largest absolute Gasteiger partial charge is 0.493 e. The van der Waals surface area contributed by atoms with Crippen LogP contribution in [0.25, 0.3) is 0 Å². The van der Waals surface area contributed by atoms with Gasteiger partial charge in [0.2, 0.25) is 6.79 Å². The zero-order valence-electron chi connectivity index (χ0n) is 16.7. The first-order valence-electron chi connectivity index (χ1n) is 10.2. The van der Waals surface area contributed by atoms with E-state index in [4.69, 9.17) is 23.9 Å². The van der Waals surface area contributed by atoms with Gasteiger partial charge in [-0.2, -0.15) is 0 Å². The molecule has 5 rings (SSSR count). The molecule has 2 aromatic carbocycles. The van der Waals surface area contributed by atoms with Crippen LogP contribution >= 0.6 is 0 Å². The first-order valence-corrected chi connectivity index (χ1v) is 10.2. The van der Waals surface area contributed by atoms with E-state index < -0.39 is 0 Å². The molecule has 6 heteroatoms. The summed E-state index contributed by atoms with van der Waals surface area (Å²) in [5, 5.41) is 10.3. The molecule has 3 atom stereocenters. The van der Waals surface area contributed by atoms with Gasteiger partial charge in [-0.15, -0.1) is 0 Å². The SMILES string of the molecule is CCOc1cc2c(cc1OC)C(c1ccc3c(c1)OCO3)=NC1CCC(O)CC21. The highest BCUT2D eigenvalue weighted by Crippen LogP contribution is 2.45. The molecular weight excluding hydrogens is 370 g/mol. The predicted molar refractivity (Wildman–Crippen MR) is 109 cm³/mol. The Morgan fingerprint density at radius 2 is 1.97 bits per heavy atom. The van der Waals surface area contributed by atoms with Crippen molar-refractivity contribution >= 4 is 5.71 Å². The monoisotopic (exact) mass is 395 g/mol. The highest BCUT2D eigenvalue weighted by Gasteiger charge is 2.37. The van der Waals surface area contributed by atoms with Crippen molar-refractivity contribution in [3.8, 4) is 23.0 Å². The Bertz CT molecular complexity index is 970. The Hall–Kier alpha value is -2.73. The van der Waals surface area contributed by atoms with E-state index >= 15 is 0 Å². The van der Waals surface area contributed by atoms with Crippen molar-refractivity contribution in [3.05, 3.63) is 47.0 Å². The summed E-state index contributed by atoms with van der Waals surface area (Å²) < 4.78 is 22.5. The van der Waals surface area contributed by atoms with E-state index in [-0.39, 0.29) is 24.9 Å². The molecule has 2 aromatic rings. The second-order valence-corrected chi connectivity index (χ2v) is 7.71. The van der Waals surface area contributed by atoms with Crippen LogP contribution in [0.15, 0.2) is 35.3 Å². The van der Waals surface area contributed by atoms with E-state index in [0.717, 1.165) is 46.9 Å². The number of methoxy groups -OCH3 is 1. The maximum absolute atomic E-state index is 10.3. The molecule has 0 saturated heterocycles. The molecule has 6 nitrogen and oxygen atoms in total. The van der Waals surface area contributed by atoms with Crippen molar-refractivity contribution in [2.24, 2.45) is 4.99 Å². The summed E-state index contributed by atoms with van der Waals surface area (Å²) in [5.74, 6) is 3.10. The molecule has 0 radical (unpaired) electrons. The molecule has 3 aliphatic rings. The van der Waals surface area contributed by atoms with Gasteiger partial charge in [-0.3, -0.25) is 4.99 Å². The highest BCUT2D eigenvalue weighted by molar-refractivity contribution is 6.15. The Labute approximate surface area is 170 Å². The van der Waals surface area contributed by atoms with Gasteiger partial charge < -0.3 is 24.1 Å². The fraction of sp³-hybridized carbons (Fsp3) is 0.435. The molecule has 1 N–H and O–H groups in total. The van der Waals surface area contributed by atoms with E-state index in [9.17, 15) is 5.11 Å². The average Bonchev–Trinajstić information content (AvgIpc) is 3.21. The number of ether oxygens (including phenoxy) is 4. The van der Waals surface area contributed by atoms with Gasteiger partial charge in [-0.05, 0) is 62.1 Å². The van der Waals surface area contributed by atoms with Gasteiger partial charge in [0.1, 0.15) is 0 Å². The number of benzene rings is 2. The predicted octanol–water partition coefficient (Wildman–Crippen LogP) is 3.67. The molecule has 152 valence electrons. The summed E-state index contributed by atoms with van der Waals surface area (Å²) in [7, 11) is 1.65. The van der Waals surface area contributed by atoms with Crippen LogP contribution in [0.2, 0.25) is 0 Å². The van der Waals surface area contributed by atoms with E-state index in [2.05, 4.69) is 6.07 Å². The van der Waals surface area contributed by atoms with Crippen molar-refractivity contribution in [1.82, 2.24) is 0 Å². The zero-order valence-corrected chi connectivity index (χ0v) is 16.7. The fourth-order valence-corrected chi connectivity index (χ4v) is 4.65. The minimum atomic E-state index is -0.288. The van der Waals surface area contributed by atoms with Crippen LogP contribution in [-0.4, -0.2) is 43.5 Å². The lowest BCUT2D eigenvalue weighted by Crippen LogP contribution is -2.34. The van der Waals surface area contributed by atoms with Crippen molar-refractivity contribution in [2.45, 2.75) is 44.2 Å². The molecule has 2 aliphatic heterocycles. The molecule has 0 spiro atoms. The maximum atomic E-state index is 10.3. The summed E-state index contributed by atoms with van der Waals surface area (Å²) in [5.41, 5.74) is 4.11. The lowest BCUT2D eigenvalue weighted by molar-refractivity contribution is 0.111. The number of aliphatic hydroxyl groups is 1. The highest BCUT2D eigenvalue weighted by atomic mass is 16.7. The number of nitrogens with zero attached hydrogens (tertiary/aromatic N) is 1.